The smallest absolute Gasteiger partial charge is 0.241 e. The second kappa shape index (κ2) is 5.12. The maximum Gasteiger partial charge on any atom is 0.241 e. The summed E-state index contributed by atoms with van der Waals surface area (Å²) in [7, 11) is -3.45. The summed E-state index contributed by atoms with van der Waals surface area (Å²) >= 11 is 5.63. The first-order valence-electron chi connectivity index (χ1n) is 5.56. The third kappa shape index (κ3) is 3.11. The molecule has 1 aliphatic rings. The number of hydrogen-bond donors (Lipinski definition) is 1. The van der Waals surface area contributed by atoms with Crippen LogP contribution < -0.4 is 5.32 Å². The van der Waals surface area contributed by atoms with Gasteiger partial charge in [-0.05, 0) is 19.8 Å². The molecule has 1 N–H and O–H groups in total. The Morgan fingerprint density at radius 2 is 2.12 bits per heavy atom. The minimum atomic E-state index is -3.45. The maximum absolute atomic E-state index is 12.2. The molecule has 0 aliphatic carbocycles. The fourth-order valence-corrected chi connectivity index (χ4v) is 4.26. The van der Waals surface area contributed by atoms with Crippen LogP contribution in [0.15, 0.2) is 0 Å². The van der Waals surface area contributed by atoms with Crippen LogP contribution in [0.3, 0.4) is 0 Å². The van der Waals surface area contributed by atoms with Crippen molar-refractivity contribution in [3.8, 4) is 0 Å². The molecular weight excluding hydrogens is 264 g/mol. The van der Waals surface area contributed by atoms with Crippen molar-refractivity contribution in [3.63, 3.8) is 0 Å². The zero-order valence-electron chi connectivity index (χ0n) is 10.4. The highest BCUT2D eigenvalue weighted by Gasteiger charge is 2.44. The minimum absolute atomic E-state index is 0.0206. The van der Waals surface area contributed by atoms with Gasteiger partial charge in [-0.2, -0.15) is 4.31 Å². The molecule has 0 aromatic carbocycles. The van der Waals surface area contributed by atoms with Crippen molar-refractivity contribution in [1.82, 2.24) is 9.62 Å². The van der Waals surface area contributed by atoms with E-state index in [0.29, 0.717) is 19.0 Å². The molecule has 0 bridgehead atoms. The SMILES string of the molecule is CC(CCl)CS(=O)(=O)N1CCNC(=O)C1(C)C. The predicted molar refractivity (Wildman–Crippen MR) is 67.5 cm³/mol. The standard InChI is InChI=1S/C10H19ClN2O3S/c1-8(6-11)7-17(15,16)13-5-4-12-9(14)10(13,2)3/h8H,4-7H2,1-3H3,(H,12,14). The molecule has 0 spiro atoms. The molecule has 1 aliphatic heterocycles. The van der Waals surface area contributed by atoms with E-state index in [1.165, 1.54) is 4.31 Å². The van der Waals surface area contributed by atoms with E-state index < -0.39 is 15.6 Å². The number of carbonyl (C=O) groups is 1. The summed E-state index contributed by atoms with van der Waals surface area (Å²) in [6.45, 7) is 5.68. The van der Waals surface area contributed by atoms with Crippen LogP contribution in [0.4, 0.5) is 0 Å². The van der Waals surface area contributed by atoms with Crippen molar-refractivity contribution in [2.75, 3.05) is 24.7 Å². The molecule has 1 rings (SSSR count). The van der Waals surface area contributed by atoms with Crippen LogP contribution in [0, 0.1) is 5.92 Å². The average Bonchev–Trinajstić information content (AvgIpc) is 2.20. The monoisotopic (exact) mass is 282 g/mol. The zero-order valence-corrected chi connectivity index (χ0v) is 11.9. The van der Waals surface area contributed by atoms with Crippen molar-refractivity contribution in [3.05, 3.63) is 0 Å². The van der Waals surface area contributed by atoms with Crippen LogP contribution in [0.1, 0.15) is 20.8 Å². The van der Waals surface area contributed by atoms with E-state index in [4.69, 9.17) is 11.6 Å². The molecule has 1 fully saturated rings. The zero-order chi connectivity index (χ0) is 13.3. The number of nitrogens with zero attached hydrogens (tertiary/aromatic N) is 1. The second-order valence-corrected chi connectivity index (χ2v) is 7.17. The normalized spacial score (nSPS) is 23.2. The highest BCUT2D eigenvalue weighted by atomic mass is 35.5. The Labute approximate surface area is 108 Å². The third-order valence-electron chi connectivity index (χ3n) is 2.87. The Bertz CT molecular complexity index is 394. The highest BCUT2D eigenvalue weighted by molar-refractivity contribution is 7.89. The predicted octanol–water partition coefficient (Wildman–Crippen LogP) is 0.402. The van der Waals surface area contributed by atoms with Gasteiger partial charge in [0, 0.05) is 19.0 Å². The first kappa shape index (κ1) is 14.7. The summed E-state index contributed by atoms with van der Waals surface area (Å²) in [6, 6.07) is 0. The van der Waals surface area contributed by atoms with Crippen LogP contribution in [0.5, 0.6) is 0 Å². The lowest BCUT2D eigenvalue weighted by atomic mass is 10.0. The number of carbonyl (C=O) groups excluding carboxylic acids is 1. The molecule has 5 nitrogen and oxygen atoms in total. The first-order chi connectivity index (χ1) is 7.71. The summed E-state index contributed by atoms with van der Waals surface area (Å²) < 4.78 is 25.7. The Kier molecular flexibility index (Phi) is 4.43. The van der Waals surface area contributed by atoms with Gasteiger partial charge in [-0.3, -0.25) is 4.79 Å². The third-order valence-corrected chi connectivity index (χ3v) is 5.70. The lowest BCUT2D eigenvalue weighted by molar-refractivity contribution is -0.131. The number of rotatable bonds is 4. The summed E-state index contributed by atoms with van der Waals surface area (Å²) in [5, 5.41) is 2.67. The lowest BCUT2D eigenvalue weighted by Crippen LogP contribution is -2.63. The fourth-order valence-electron chi connectivity index (χ4n) is 1.86. The number of amides is 1. The van der Waals surface area contributed by atoms with Crippen molar-refractivity contribution in [2.45, 2.75) is 26.3 Å². The van der Waals surface area contributed by atoms with Crippen LogP contribution in [0.25, 0.3) is 0 Å². The van der Waals surface area contributed by atoms with Gasteiger partial charge in [-0.25, -0.2) is 8.42 Å². The molecule has 100 valence electrons. The average molecular weight is 283 g/mol. The van der Waals surface area contributed by atoms with Crippen LogP contribution in [0.2, 0.25) is 0 Å². The van der Waals surface area contributed by atoms with Crippen molar-refractivity contribution in [2.24, 2.45) is 5.92 Å². The van der Waals surface area contributed by atoms with E-state index in [-0.39, 0.29) is 17.6 Å². The number of sulfonamides is 1. The number of nitrogens with one attached hydrogen (secondary N) is 1. The van der Waals surface area contributed by atoms with E-state index in [0.717, 1.165) is 0 Å². The van der Waals surface area contributed by atoms with Gasteiger partial charge in [0.1, 0.15) is 5.54 Å². The van der Waals surface area contributed by atoms with Gasteiger partial charge in [-0.1, -0.05) is 6.92 Å². The largest absolute Gasteiger partial charge is 0.353 e. The molecule has 1 amide bonds. The highest BCUT2D eigenvalue weighted by Crippen LogP contribution is 2.23. The Morgan fingerprint density at radius 3 is 2.65 bits per heavy atom. The Hall–Kier alpha value is -0.330. The summed E-state index contributed by atoms with van der Waals surface area (Å²) in [5.41, 5.74) is -1.02. The molecule has 1 unspecified atom stereocenters. The first-order valence-corrected chi connectivity index (χ1v) is 7.71. The molecule has 0 saturated carbocycles. The molecule has 1 atom stereocenters. The fraction of sp³-hybridized carbons (Fsp3) is 0.900. The molecule has 0 aromatic rings. The maximum atomic E-state index is 12.2. The Morgan fingerprint density at radius 1 is 1.53 bits per heavy atom. The van der Waals surface area contributed by atoms with E-state index >= 15 is 0 Å². The molecule has 1 heterocycles. The number of piperazine rings is 1. The van der Waals surface area contributed by atoms with E-state index in [1.807, 2.05) is 0 Å². The van der Waals surface area contributed by atoms with Gasteiger partial charge in [0.25, 0.3) is 0 Å². The van der Waals surface area contributed by atoms with Crippen molar-refractivity contribution >= 4 is 27.5 Å². The van der Waals surface area contributed by atoms with E-state index in [9.17, 15) is 13.2 Å². The van der Waals surface area contributed by atoms with Gasteiger partial charge in [0.15, 0.2) is 0 Å². The van der Waals surface area contributed by atoms with Gasteiger partial charge >= 0.3 is 0 Å². The number of alkyl halides is 1. The summed E-state index contributed by atoms with van der Waals surface area (Å²) in [6.07, 6.45) is 0. The van der Waals surface area contributed by atoms with Crippen LogP contribution in [-0.4, -0.2) is 48.9 Å². The van der Waals surface area contributed by atoms with Gasteiger partial charge < -0.3 is 5.32 Å². The van der Waals surface area contributed by atoms with E-state index in [1.54, 1.807) is 20.8 Å². The molecule has 17 heavy (non-hydrogen) atoms. The van der Waals surface area contributed by atoms with Gasteiger partial charge in [0.2, 0.25) is 15.9 Å². The molecule has 0 radical (unpaired) electrons. The number of hydrogen-bond acceptors (Lipinski definition) is 3. The molecule has 1 saturated heterocycles. The van der Waals surface area contributed by atoms with Gasteiger partial charge in [-0.15, -0.1) is 11.6 Å². The molecule has 0 aromatic heterocycles. The van der Waals surface area contributed by atoms with E-state index in [2.05, 4.69) is 5.32 Å². The lowest BCUT2D eigenvalue weighted by Gasteiger charge is -2.40. The Balaban J connectivity index is 2.94. The number of halogens is 1. The molecular formula is C10H19ClN2O3S. The van der Waals surface area contributed by atoms with Gasteiger partial charge in [0.05, 0.1) is 5.75 Å². The van der Waals surface area contributed by atoms with Crippen molar-refractivity contribution < 1.29 is 13.2 Å². The summed E-state index contributed by atoms with van der Waals surface area (Å²) in [5.74, 6) is -0.110. The second-order valence-electron chi connectivity index (χ2n) is 4.93. The topological polar surface area (TPSA) is 66.5 Å². The molecule has 7 heteroatoms. The van der Waals surface area contributed by atoms with Crippen LogP contribution in [-0.2, 0) is 14.8 Å². The summed E-state index contributed by atoms with van der Waals surface area (Å²) in [4.78, 5) is 11.7. The van der Waals surface area contributed by atoms with Crippen molar-refractivity contribution in [1.29, 1.82) is 0 Å². The minimum Gasteiger partial charge on any atom is -0.353 e. The quantitative estimate of drug-likeness (QED) is 0.759. The van der Waals surface area contributed by atoms with Crippen LogP contribution >= 0.6 is 11.6 Å².